The molecule has 1 saturated heterocycles. The van der Waals surface area contributed by atoms with E-state index in [9.17, 15) is 18.0 Å². The van der Waals surface area contributed by atoms with Crippen LogP contribution in [0.3, 0.4) is 0 Å². The van der Waals surface area contributed by atoms with Gasteiger partial charge in [0.15, 0.2) is 27.9 Å². The van der Waals surface area contributed by atoms with Gasteiger partial charge in [0.1, 0.15) is 0 Å². The second kappa shape index (κ2) is 9.63. The van der Waals surface area contributed by atoms with Gasteiger partial charge in [-0.15, -0.1) is 0 Å². The largest absolute Gasteiger partial charge is 0.493 e. The van der Waals surface area contributed by atoms with Gasteiger partial charge in [0, 0.05) is 12.5 Å². The molecule has 1 atom stereocenters. The number of ether oxygens (including phenoxy) is 4. The van der Waals surface area contributed by atoms with Crippen LogP contribution in [-0.2, 0) is 30.6 Å². The van der Waals surface area contributed by atoms with E-state index in [1.165, 1.54) is 21.3 Å². The summed E-state index contributed by atoms with van der Waals surface area (Å²) in [5.74, 6) is 0.362. The third kappa shape index (κ3) is 6.01. The second-order valence-corrected chi connectivity index (χ2v) is 8.59. The van der Waals surface area contributed by atoms with E-state index in [4.69, 9.17) is 18.9 Å². The molecular weight excluding hydrogens is 390 g/mol. The van der Waals surface area contributed by atoms with E-state index in [1.807, 2.05) is 0 Å². The van der Waals surface area contributed by atoms with Crippen LogP contribution in [0.25, 0.3) is 0 Å². The molecule has 1 aliphatic heterocycles. The van der Waals surface area contributed by atoms with Crippen LogP contribution in [0.1, 0.15) is 18.4 Å². The first-order valence-electron chi connectivity index (χ1n) is 8.72. The third-order valence-corrected chi connectivity index (χ3v) is 6.07. The number of aryl methyl sites for hydroxylation is 1. The van der Waals surface area contributed by atoms with Crippen molar-refractivity contribution < 1.29 is 37.0 Å². The normalized spacial score (nSPS) is 17.6. The lowest BCUT2D eigenvalue weighted by molar-refractivity contribution is -0.148. The lowest BCUT2D eigenvalue weighted by Crippen LogP contribution is -2.38. The van der Waals surface area contributed by atoms with E-state index in [-0.39, 0.29) is 17.9 Å². The minimum absolute atomic E-state index is 0.0593. The zero-order valence-electron chi connectivity index (χ0n) is 16.1. The van der Waals surface area contributed by atoms with E-state index >= 15 is 0 Å². The number of hydrogen-bond donors (Lipinski definition) is 1. The number of carbonyl (C=O) groups is 2. The van der Waals surface area contributed by atoms with E-state index in [0.29, 0.717) is 30.1 Å². The van der Waals surface area contributed by atoms with Gasteiger partial charge >= 0.3 is 5.97 Å². The van der Waals surface area contributed by atoms with Crippen molar-refractivity contribution in [3.05, 3.63) is 17.7 Å². The molecule has 28 heavy (non-hydrogen) atoms. The number of benzene rings is 1. The minimum Gasteiger partial charge on any atom is -0.493 e. The molecule has 1 heterocycles. The molecule has 0 unspecified atom stereocenters. The summed E-state index contributed by atoms with van der Waals surface area (Å²) in [6.45, 7) is -0.440. The van der Waals surface area contributed by atoms with Crippen molar-refractivity contribution in [3.8, 4) is 17.2 Å². The Hall–Kier alpha value is -2.49. The Morgan fingerprint density at radius 1 is 1.11 bits per heavy atom. The van der Waals surface area contributed by atoms with E-state index in [1.54, 1.807) is 12.1 Å². The summed E-state index contributed by atoms with van der Waals surface area (Å²) in [6.07, 6.45) is 0.797. The summed E-state index contributed by atoms with van der Waals surface area (Å²) in [5.41, 5.74) is 0.784. The van der Waals surface area contributed by atoms with Crippen LogP contribution in [0, 0.1) is 0 Å². The van der Waals surface area contributed by atoms with Gasteiger partial charge in [-0.3, -0.25) is 9.59 Å². The average Bonchev–Trinajstić information content (AvgIpc) is 3.01. The molecule has 0 spiro atoms. The highest BCUT2D eigenvalue weighted by atomic mass is 32.2. The van der Waals surface area contributed by atoms with Crippen molar-refractivity contribution in [3.63, 3.8) is 0 Å². The van der Waals surface area contributed by atoms with Gasteiger partial charge in [0.25, 0.3) is 5.91 Å². The summed E-state index contributed by atoms with van der Waals surface area (Å²) >= 11 is 0. The van der Waals surface area contributed by atoms with Crippen molar-refractivity contribution in [2.75, 3.05) is 39.4 Å². The summed E-state index contributed by atoms with van der Waals surface area (Å²) in [4.78, 5) is 23.7. The molecule has 10 heteroatoms. The monoisotopic (exact) mass is 415 g/mol. The fourth-order valence-corrected chi connectivity index (χ4v) is 4.60. The average molecular weight is 415 g/mol. The molecule has 0 bridgehead atoms. The number of methoxy groups -OCH3 is 3. The Morgan fingerprint density at radius 2 is 1.75 bits per heavy atom. The Labute approximate surface area is 164 Å². The number of hydrogen-bond acceptors (Lipinski definition) is 8. The van der Waals surface area contributed by atoms with Gasteiger partial charge in [-0.2, -0.15) is 0 Å². The number of sulfone groups is 1. The first kappa shape index (κ1) is 21.8. The molecule has 2 rings (SSSR count). The molecule has 0 aromatic heterocycles. The van der Waals surface area contributed by atoms with Gasteiger partial charge < -0.3 is 24.3 Å². The van der Waals surface area contributed by atoms with Crippen LogP contribution in [0.5, 0.6) is 17.2 Å². The molecule has 1 fully saturated rings. The summed E-state index contributed by atoms with van der Waals surface area (Å²) < 4.78 is 43.5. The maximum absolute atomic E-state index is 11.9. The quantitative estimate of drug-likeness (QED) is 0.579. The molecule has 9 nitrogen and oxygen atoms in total. The molecule has 0 radical (unpaired) electrons. The smallest absolute Gasteiger partial charge is 0.306 e. The predicted octanol–water partition coefficient (Wildman–Crippen LogP) is 0.492. The Bertz CT molecular complexity index is 796. The summed E-state index contributed by atoms with van der Waals surface area (Å²) in [6, 6.07) is 3.06. The predicted molar refractivity (Wildman–Crippen MR) is 101 cm³/mol. The van der Waals surface area contributed by atoms with E-state index in [0.717, 1.165) is 5.56 Å². The summed E-state index contributed by atoms with van der Waals surface area (Å²) in [7, 11) is 1.43. The van der Waals surface area contributed by atoms with Gasteiger partial charge in [-0.25, -0.2) is 8.42 Å². The highest BCUT2D eigenvalue weighted by Crippen LogP contribution is 2.38. The van der Waals surface area contributed by atoms with Crippen LogP contribution >= 0.6 is 0 Å². The van der Waals surface area contributed by atoms with Crippen LogP contribution < -0.4 is 19.5 Å². The van der Waals surface area contributed by atoms with Crippen LogP contribution in [0.4, 0.5) is 0 Å². The van der Waals surface area contributed by atoms with Gasteiger partial charge in [-0.05, 0) is 30.5 Å². The molecule has 1 amide bonds. The maximum Gasteiger partial charge on any atom is 0.306 e. The van der Waals surface area contributed by atoms with E-state index in [2.05, 4.69) is 5.32 Å². The molecule has 1 aromatic carbocycles. The lowest BCUT2D eigenvalue weighted by atomic mass is 10.1. The van der Waals surface area contributed by atoms with Crippen LogP contribution in [-0.4, -0.2) is 65.8 Å². The first-order valence-corrected chi connectivity index (χ1v) is 10.5. The van der Waals surface area contributed by atoms with Crippen molar-refractivity contribution >= 4 is 21.7 Å². The molecule has 0 saturated carbocycles. The molecular formula is C18H25NO8S. The van der Waals surface area contributed by atoms with Crippen LogP contribution in [0.15, 0.2) is 12.1 Å². The highest BCUT2D eigenvalue weighted by molar-refractivity contribution is 7.91. The fourth-order valence-electron chi connectivity index (χ4n) is 2.92. The molecule has 1 aromatic rings. The highest BCUT2D eigenvalue weighted by Gasteiger charge is 2.29. The van der Waals surface area contributed by atoms with E-state index < -0.39 is 34.4 Å². The molecule has 1 N–H and O–H groups in total. The fraction of sp³-hybridized carbons (Fsp3) is 0.556. The molecule has 156 valence electrons. The van der Waals surface area contributed by atoms with Gasteiger partial charge in [-0.1, -0.05) is 0 Å². The Kier molecular flexibility index (Phi) is 7.50. The zero-order chi connectivity index (χ0) is 20.7. The lowest BCUT2D eigenvalue weighted by Gasteiger charge is -2.14. The number of carbonyl (C=O) groups excluding carboxylic acids is 2. The number of nitrogens with one attached hydrogen (secondary N) is 1. The molecule has 0 aliphatic carbocycles. The second-order valence-electron chi connectivity index (χ2n) is 6.36. The van der Waals surface area contributed by atoms with Crippen LogP contribution in [0.2, 0.25) is 0 Å². The summed E-state index contributed by atoms with van der Waals surface area (Å²) in [5, 5.41) is 2.56. The van der Waals surface area contributed by atoms with Gasteiger partial charge in [0.05, 0.1) is 32.8 Å². The Balaban J connectivity index is 1.81. The third-order valence-electron chi connectivity index (χ3n) is 4.30. The van der Waals surface area contributed by atoms with Crippen molar-refractivity contribution in [1.82, 2.24) is 5.32 Å². The minimum atomic E-state index is -3.08. The topological polar surface area (TPSA) is 117 Å². The SMILES string of the molecule is COc1cc(CCC(=O)OCC(=O)N[C@@H]2CCS(=O)(=O)C2)cc(OC)c1OC. The number of rotatable bonds is 9. The standard InChI is InChI=1S/C18H25NO8S/c1-24-14-8-12(9-15(25-2)18(14)26-3)4-5-17(21)27-10-16(20)19-13-6-7-28(22,23)11-13/h8-9,13H,4-7,10-11H2,1-3H3,(H,19,20)/t13-/m1/s1. The maximum atomic E-state index is 11.9. The number of esters is 1. The van der Waals surface area contributed by atoms with Crippen molar-refractivity contribution in [1.29, 1.82) is 0 Å². The first-order chi connectivity index (χ1) is 13.3. The zero-order valence-corrected chi connectivity index (χ0v) is 17.0. The van der Waals surface area contributed by atoms with Gasteiger partial charge in [0.2, 0.25) is 5.75 Å². The Morgan fingerprint density at radius 3 is 2.25 bits per heavy atom. The van der Waals surface area contributed by atoms with Crippen molar-refractivity contribution in [2.24, 2.45) is 0 Å². The van der Waals surface area contributed by atoms with Crippen molar-refractivity contribution in [2.45, 2.75) is 25.3 Å². The molecule has 1 aliphatic rings. The number of amides is 1.